The molecule has 0 aliphatic rings. The number of sulfonamides is 1. The van der Waals surface area contributed by atoms with Crippen LogP contribution in [0.15, 0.2) is 82.6 Å². The van der Waals surface area contributed by atoms with Crippen LogP contribution in [0.4, 0.5) is 5.69 Å². The Balaban J connectivity index is 2.05. The maximum atomic E-state index is 14.1. The Kier molecular flexibility index (Phi) is 12.3. The van der Waals surface area contributed by atoms with Gasteiger partial charge < -0.3 is 15.0 Å². The molecule has 0 spiro atoms. The van der Waals surface area contributed by atoms with E-state index >= 15 is 0 Å². The number of hydrogen-bond acceptors (Lipinski definition) is 6. The van der Waals surface area contributed by atoms with Crippen molar-refractivity contribution in [2.24, 2.45) is 0 Å². The molecule has 3 aromatic carbocycles. The Hall–Kier alpha value is -3.50. The molecular weight excluding hydrogens is 571 g/mol. The van der Waals surface area contributed by atoms with Crippen LogP contribution in [-0.2, 0) is 26.2 Å². The lowest BCUT2D eigenvalue weighted by atomic mass is 10.1. The molecule has 0 bridgehead atoms. The molecule has 0 aliphatic carbocycles. The topological polar surface area (TPSA) is 96.0 Å². The summed E-state index contributed by atoms with van der Waals surface area (Å²) in [5.41, 5.74) is 2.24. The Labute approximate surface area is 254 Å². The summed E-state index contributed by atoms with van der Waals surface area (Å²) in [5, 5.41) is 2.90. The summed E-state index contributed by atoms with van der Waals surface area (Å²) < 4.78 is 34.8. The third-order valence-electron chi connectivity index (χ3n) is 6.77. The van der Waals surface area contributed by atoms with E-state index in [0.29, 0.717) is 31.0 Å². The van der Waals surface area contributed by atoms with Crippen molar-refractivity contribution in [1.82, 2.24) is 10.2 Å². The number of benzene rings is 3. The van der Waals surface area contributed by atoms with E-state index in [2.05, 4.69) is 5.32 Å². The molecule has 0 saturated heterocycles. The molecule has 0 aromatic heterocycles. The molecule has 42 heavy (non-hydrogen) atoms. The van der Waals surface area contributed by atoms with Crippen LogP contribution in [0.3, 0.4) is 0 Å². The molecule has 2 amide bonds. The van der Waals surface area contributed by atoms with E-state index in [1.165, 1.54) is 16.7 Å². The van der Waals surface area contributed by atoms with Gasteiger partial charge in [-0.15, -0.1) is 11.8 Å². The molecule has 1 unspecified atom stereocenters. The number of anilines is 1. The molecule has 8 nitrogen and oxygen atoms in total. The number of nitrogens with zero attached hydrogens (tertiary/aromatic N) is 2. The van der Waals surface area contributed by atoms with Crippen molar-refractivity contribution in [3.05, 3.63) is 83.9 Å². The van der Waals surface area contributed by atoms with E-state index in [0.717, 1.165) is 26.7 Å². The highest BCUT2D eigenvalue weighted by Crippen LogP contribution is 2.28. The summed E-state index contributed by atoms with van der Waals surface area (Å²) in [6, 6.07) is 20.2. The second-order valence-corrected chi connectivity index (χ2v) is 12.6. The monoisotopic (exact) mass is 611 g/mol. The molecule has 1 atom stereocenters. The van der Waals surface area contributed by atoms with Crippen molar-refractivity contribution in [2.45, 2.75) is 62.9 Å². The third-order valence-corrected chi connectivity index (χ3v) is 9.30. The lowest BCUT2D eigenvalue weighted by Gasteiger charge is -2.33. The molecule has 0 heterocycles. The van der Waals surface area contributed by atoms with Crippen LogP contribution >= 0.6 is 11.8 Å². The molecule has 0 radical (unpaired) electrons. The molecule has 0 aliphatic heterocycles. The van der Waals surface area contributed by atoms with Crippen LogP contribution in [0.1, 0.15) is 44.7 Å². The largest absolute Gasteiger partial charge is 0.494 e. The fraction of sp³-hybridized carbons (Fsp3) is 0.375. The SMILES string of the molecule is CCCNC(=O)C(CC)N(Cc1ccc(C)cc1)C(=O)CN(c1ccc(OCC)cc1)S(=O)(=O)c1ccc(SC)cc1. The van der Waals surface area contributed by atoms with Gasteiger partial charge in [-0.1, -0.05) is 43.7 Å². The van der Waals surface area contributed by atoms with Gasteiger partial charge in [0.1, 0.15) is 18.3 Å². The Morgan fingerprint density at radius 1 is 0.929 bits per heavy atom. The first kappa shape index (κ1) is 33.0. The Bertz CT molecular complexity index is 1410. The Morgan fingerprint density at radius 2 is 1.57 bits per heavy atom. The molecule has 10 heteroatoms. The number of nitrogens with one attached hydrogen (secondary N) is 1. The number of thioether (sulfide) groups is 1. The maximum absolute atomic E-state index is 14.1. The molecule has 1 N–H and O–H groups in total. The summed E-state index contributed by atoms with van der Waals surface area (Å²) >= 11 is 1.51. The first-order valence-corrected chi connectivity index (χ1v) is 16.8. The van der Waals surface area contributed by atoms with Gasteiger partial charge in [0.25, 0.3) is 10.0 Å². The molecule has 3 rings (SSSR count). The van der Waals surface area contributed by atoms with Crippen LogP contribution < -0.4 is 14.4 Å². The number of carbonyl (C=O) groups is 2. The van der Waals surface area contributed by atoms with Crippen molar-refractivity contribution in [3.63, 3.8) is 0 Å². The van der Waals surface area contributed by atoms with Gasteiger partial charge >= 0.3 is 0 Å². The van der Waals surface area contributed by atoms with Gasteiger partial charge in [0, 0.05) is 18.0 Å². The van der Waals surface area contributed by atoms with Crippen LogP contribution in [0.5, 0.6) is 5.75 Å². The normalized spacial score (nSPS) is 11.9. The first-order valence-electron chi connectivity index (χ1n) is 14.2. The van der Waals surface area contributed by atoms with Gasteiger partial charge in [-0.3, -0.25) is 13.9 Å². The molecule has 0 saturated carbocycles. The van der Waals surface area contributed by atoms with Gasteiger partial charge in [-0.2, -0.15) is 0 Å². The summed E-state index contributed by atoms with van der Waals surface area (Å²) in [6.45, 7) is 8.28. The second kappa shape index (κ2) is 15.7. The number of carbonyl (C=O) groups excluding carboxylic acids is 2. The lowest BCUT2D eigenvalue weighted by Crippen LogP contribution is -2.52. The number of ether oxygens (including phenoxy) is 1. The van der Waals surface area contributed by atoms with Crippen molar-refractivity contribution in [2.75, 3.05) is 30.3 Å². The van der Waals surface area contributed by atoms with Gasteiger partial charge in [0.15, 0.2) is 0 Å². The van der Waals surface area contributed by atoms with Crippen LogP contribution in [0, 0.1) is 6.92 Å². The first-order chi connectivity index (χ1) is 20.1. The summed E-state index contributed by atoms with van der Waals surface area (Å²) in [6.07, 6.45) is 3.05. The zero-order chi connectivity index (χ0) is 30.7. The van der Waals surface area contributed by atoms with Crippen molar-refractivity contribution < 1.29 is 22.7 Å². The van der Waals surface area contributed by atoms with Crippen molar-refractivity contribution in [3.8, 4) is 5.75 Å². The standard InChI is InChI=1S/C32H41N3O5S2/c1-6-21-33-32(37)30(7-2)34(22-25-11-9-24(4)10-12-25)31(36)23-35(26-13-15-27(16-14-26)40-8-3)42(38,39)29-19-17-28(41-5)18-20-29/h9-20,30H,6-8,21-23H2,1-5H3,(H,33,37). The van der Waals surface area contributed by atoms with E-state index in [-0.39, 0.29) is 17.3 Å². The highest BCUT2D eigenvalue weighted by Gasteiger charge is 2.33. The van der Waals surface area contributed by atoms with Crippen molar-refractivity contribution in [1.29, 1.82) is 0 Å². The van der Waals surface area contributed by atoms with E-state index in [9.17, 15) is 18.0 Å². The minimum atomic E-state index is -4.14. The summed E-state index contributed by atoms with van der Waals surface area (Å²) in [7, 11) is -4.14. The number of hydrogen-bond donors (Lipinski definition) is 1. The zero-order valence-electron chi connectivity index (χ0n) is 25.0. The number of aryl methyl sites for hydroxylation is 1. The summed E-state index contributed by atoms with van der Waals surface area (Å²) in [5.74, 6) is -0.149. The predicted octanol–water partition coefficient (Wildman–Crippen LogP) is 5.64. The highest BCUT2D eigenvalue weighted by molar-refractivity contribution is 7.98. The van der Waals surface area contributed by atoms with Gasteiger partial charge in [0.2, 0.25) is 11.8 Å². The second-order valence-electron chi connectivity index (χ2n) is 9.84. The van der Waals surface area contributed by atoms with Crippen LogP contribution in [0.2, 0.25) is 0 Å². The molecule has 3 aromatic rings. The van der Waals surface area contributed by atoms with Crippen molar-refractivity contribution >= 4 is 39.3 Å². The van der Waals surface area contributed by atoms with Crippen LogP contribution in [0.25, 0.3) is 0 Å². The minimum absolute atomic E-state index is 0.0693. The smallest absolute Gasteiger partial charge is 0.264 e. The van der Waals surface area contributed by atoms with E-state index < -0.39 is 28.5 Å². The zero-order valence-corrected chi connectivity index (χ0v) is 26.6. The fourth-order valence-electron chi connectivity index (χ4n) is 4.45. The molecule has 0 fully saturated rings. The Morgan fingerprint density at radius 3 is 2.12 bits per heavy atom. The van der Waals surface area contributed by atoms with Gasteiger partial charge in [-0.05, 0) is 87.0 Å². The highest BCUT2D eigenvalue weighted by atomic mass is 32.2. The van der Waals surface area contributed by atoms with E-state index in [4.69, 9.17) is 4.74 Å². The predicted molar refractivity (Wildman–Crippen MR) is 169 cm³/mol. The van der Waals surface area contributed by atoms with E-state index in [1.54, 1.807) is 48.5 Å². The minimum Gasteiger partial charge on any atom is -0.494 e. The fourth-order valence-corrected chi connectivity index (χ4v) is 6.28. The average Bonchev–Trinajstić information content (AvgIpc) is 3.00. The van der Waals surface area contributed by atoms with Crippen LogP contribution in [-0.4, -0.2) is 57.1 Å². The number of amides is 2. The summed E-state index contributed by atoms with van der Waals surface area (Å²) in [4.78, 5) is 29.8. The van der Waals surface area contributed by atoms with Gasteiger partial charge in [0.05, 0.1) is 17.2 Å². The quantitative estimate of drug-likeness (QED) is 0.223. The third kappa shape index (κ3) is 8.51. The maximum Gasteiger partial charge on any atom is 0.264 e. The van der Waals surface area contributed by atoms with Gasteiger partial charge in [-0.25, -0.2) is 8.42 Å². The van der Waals surface area contributed by atoms with E-state index in [1.807, 2.05) is 58.2 Å². The molecular formula is C32H41N3O5S2. The molecule has 226 valence electrons. The lowest BCUT2D eigenvalue weighted by molar-refractivity contribution is -0.140. The average molecular weight is 612 g/mol. The number of rotatable bonds is 15.